The van der Waals surface area contributed by atoms with Gasteiger partial charge in [0.25, 0.3) is 0 Å². The van der Waals surface area contributed by atoms with Gasteiger partial charge in [-0.25, -0.2) is 8.42 Å². The van der Waals surface area contributed by atoms with Crippen LogP contribution in [-0.4, -0.2) is 31.9 Å². The van der Waals surface area contributed by atoms with Crippen LogP contribution in [0.5, 0.6) is 0 Å². The van der Waals surface area contributed by atoms with E-state index in [1.54, 1.807) is 13.0 Å². The smallest absolute Gasteiger partial charge is 0.243 e. The van der Waals surface area contributed by atoms with Crippen molar-refractivity contribution in [2.75, 3.05) is 13.1 Å². The van der Waals surface area contributed by atoms with Crippen LogP contribution >= 0.6 is 0 Å². The first kappa shape index (κ1) is 13.0. The van der Waals surface area contributed by atoms with Gasteiger partial charge in [0.2, 0.25) is 10.0 Å². The van der Waals surface area contributed by atoms with Gasteiger partial charge in [0.05, 0.1) is 16.5 Å². The van der Waals surface area contributed by atoms with Gasteiger partial charge in [-0.15, -0.1) is 0 Å². The first-order valence-electron chi connectivity index (χ1n) is 5.71. The van der Waals surface area contributed by atoms with E-state index in [1.807, 2.05) is 6.07 Å². The summed E-state index contributed by atoms with van der Waals surface area (Å²) in [6.45, 7) is 2.52. The summed E-state index contributed by atoms with van der Waals surface area (Å²) >= 11 is 0. The van der Waals surface area contributed by atoms with Crippen molar-refractivity contribution in [1.82, 2.24) is 4.31 Å². The van der Waals surface area contributed by atoms with E-state index in [4.69, 9.17) is 11.0 Å². The molecule has 5 nitrogen and oxygen atoms in total. The van der Waals surface area contributed by atoms with E-state index in [9.17, 15) is 8.42 Å². The van der Waals surface area contributed by atoms with Gasteiger partial charge in [-0.1, -0.05) is 0 Å². The Kier molecular flexibility index (Phi) is 3.39. The second kappa shape index (κ2) is 4.69. The third-order valence-electron chi connectivity index (χ3n) is 3.11. The van der Waals surface area contributed by atoms with E-state index < -0.39 is 10.0 Å². The lowest BCUT2D eigenvalue weighted by atomic mass is 10.2. The van der Waals surface area contributed by atoms with Gasteiger partial charge < -0.3 is 5.73 Å². The molecule has 1 saturated heterocycles. The number of aryl methyl sites for hydroxylation is 1. The first-order chi connectivity index (χ1) is 8.45. The molecule has 0 aliphatic carbocycles. The Hall–Kier alpha value is -1.42. The molecule has 0 bridgehead atoms. The molecule has 0 amide bonds. The molecule has 1 atom stereocenters. The zero-order chi connectivity index (χ0) is 13.3. The fourth-order valence-electron chi connectivity index (χ4n) is 2.12. The van der Waals surface area contributed by atoms with Crippen LogP contribution in [0.1, 0.15) is 17.5 Å². The molecule has 1 unspecified atom stereocenters. The molecule has 1 aliphatic heterocycles. The van der Waals surface area contributed by atoms with Gasteiger partial charge in [0, 0.05) is 19.1 Å². The third-order valence-corrected chi connectivity index (χ3v) is 5.13. The molecule has 2 N–H and O–H groups in total. The number of hydrogen-bond donors (Lipinski definition) is 1. The molecule has 1 fully saturated rings. The normalized spacial score (nSPS) is 20.8. The summed E-state index contributed by atoms with van der Waals surface area (Å²) < 4.78 is 26.2. The Morgan fingerprint density at radius 1 is 1.50 bits per heavy atom. The summed E-state index contributed by atoms with van der Waals surface area (Å²) in [7, 11) is -3.48. The van der Waals surface area contributed by atoms with E-state index in [2.05, 4.69) is 0 Å². The predicted octanol–water partition coefficient (Wildman–Crippen LogP) is 0.588. The monoisotopic (exact) mass is 265 g/mol. The maximum Gasteiger partial charge on any atom is 0.243 e. The number of nitrogens with two attached hydrogens (primary N) is 1. The number of nitrogens with zero attached hydrogens (tertiary/aromatic N) is 2. The molecule has 0 spiro atoms. The molecule has 0 radical (unpaired) electrons. The van der Waals surface area contributed by atoms with Crippen molar-refractivity contribution in [2.45, 2.75) is 24.3 Å². The van der Waals surface area contributed by atoms with Crippen molar-refractivity contribution >= 4 is 10.0 Å². The van der Waals surface area contributed by atoms with Crippen molar-refractivity contribution in [3.63, 3.8) is 0 Å². The molecule has 1 aliphatic rings. The summed E-state index contributed by atoms with van der Waals surface area (Å²) in [5.41, 5.74) is 6.79. The van der Waals surface area contributed by atoms with Gasteiger partial charge in [-0.3, -0.25) is 0 Å². The van der Waals surface area contributed by atoms with Crippen molar-refractivity contribution in [3.8, 4) is 6.07 Å². The molecule has 1 heterocycles. The number of nitriles is 1. The summed E-state index contributed by atoms with van der Waals surface area (Å²) in [6, 6.07) is 6.51. The number of sulfonamides is 1. The average molecular weight is 265 g/mol. The molecule has 1 aromatic carbocycles. The summed E-state index contributed by atoms with van der Waals surface area (Å²) in [4.78, 5) is 0.260. The average Bonchev–Trinajstić information content (AvgIpc) is 2.76. The lowest BCUT2D eigenvalue weighted by Gasteiger charge is -2.17. The minimum absolute atomic E-state index is 0.0848. The molecule has 2 rings (SSSR count). The summed E-state index contributed by atoms with van der Waals surface area (Å²) in [6.07, 6.45) is 0.689. The van der Waals surface area contributed by atoms with Crippen LogP contribution in [0.25, 0.3) is 0 Å². The van der Waals surface area contributed by atoms with Gasteiger partial charge in [-0.05, 0) is 37.1 Å². The topological polar surface area (TPSA) is 87.2 Å². The Labute approximate surface area is 107 Å². The highest BCUT2D eigenvalue weighted by Gasteiger charge is 2.31. The SMILES string of the molecule is Cc1cc(C#N)ccc1S(=O)(=O)N1CCC(N)C1. The third kappa shape index (κ3) is 2.25. The molecule has 96 valence electrons. The standard InChI is InChI=1S/C12H15N3O2S/c1-9-6-10(7-13)2-3-12(9)18(16,17)15-5-4-11(14)8-15/h2-3,6,11H,4-5,8,14H2,1H3. The number of benzene rings is 1. The van der Waals surface area contributed by atoms with Crippen LogP contribution in [0.15, 0.2) is 23.1 Å². The molecule has 18 heavy (non-hydrogen) atoms. The van der Waals surface area contributed by atoms with Crippen LogP contribution in [0.3, 0.4) is 0 Å². The van der Waals surface area contributed by atoms with Crippen LogP contribution in [0, 0.1) is 18.3 Å². The van der Waals surface area contributed by atoms with E-state index in [0.29, 0.717) is 30.6 Å². The molecule has 0 saturated carbocycles. The zero-order valence-corrected chi connectivity index (χ0v) is 10.9. The largest absolute Gasteiger partial charge is 0.326 e. The van der Waals surface area contributed by atoms with E-state index in [-0.39, 0.29) is 10.9 Å². The Morgan fingerprint density at radius 2 is 2.22 bits per heavy atom. The lowest BCUT2D eigenvalue weighted by molar-refractivity contribution is 0.472. The van der Waals surface area contributed by atoms with E-state index >= 15 is 0 Å². The van der Waals surface area contributed by atoms with Crippen molar-refractivity contribution in [1.29, 1.82) is 5.26 Å². The molecular formula is C12H15N3O2S. The van der Waals surface area contributed by atoms with Crippen LogP contribution in [-0.2, 0) is 10.0 Å². The minimum Gasteiger partial charge on any atom is -0.326 e. The first-order valence-corrected chi connectivity index (χ1v) is 7.15. The predicted molar refractivity (Wildman–Crippen MR) is 67.2 cm³/mol. The molecular weight excluding hydrogens is 250 g/mol. The lowest BCUT2D eigenvalue weighted by Crippen LogP contribution is -2.32. The maximum absolute atomic E-state index is 12.4. The van der Waals surface area contributed by atoms with Crippen molar-refractivity contribution in [3.05, 3.63) is 29.3 Å². The summed E-state index contributed by atoms with van der Waals surface area (Å²) in [5.74, 6) is 0. The van der Waals surface area contributed by atoms with Gasteiger partial charge in [-0.2, -0.15) is 9.57 Å². The second-order valence-corrected chi connectivity index (χ2v) is 6.41. The number of rotatable bonds is 2. The van der Waals surface area contributed by atoms with Gasteiger partial charge in [0.15, 0.2) is 0 Å². The minimum atomic E-state index is -3.48. The fraction of sp³-hybridized carbons (Fsp3) is 0.417. The zero-order valence-electron chi connectivity index (χ0n) is 10.1. The Balaban J connectivity index is 2.39. The van der Waals surface area contributed by atoms with Crippen LogP contribution in [0.2, 0.25) is 0 Å². The van der Waals surface area contributed by atoms with Crippen LogP contribution < -0.4 is 5.73 Å². The Bertz CT molecular complexity index is 604. The molecule has 1 aromatic rings. The Morgan fingerprint density at radius 3 is 2.72 bits per heavy atom. The van der Waals surface area contributed by atoms with Crippen molar-refractivity contribution < 1.29 is 8.42 Å². The summed E-state index contributed by atoms with van der Waals surface area (Å²) in [5, 5.41) is 8.78. The molecule has 6 heteroatoms. The van der Waals surface area contributed by atoms with Gasteiger partial charge in [0.1, 0.15) is 0 Å². The van der Waals surface area contributed by atoms with Crippen LogP contribution in [0.4, 0.5) is 0 Å². The fourth-order valence-corrected chi connectivity index (χ4v) is 3.84. The van der Waals surface area contributed by atoms with E-state index in [0.717, 1.165) is 0 Å². The van der Waals surface area contributed by atoms with Crippen molar-refractivity contribution in [2.24, 2.45) is 5.73 Å². The highest BCUT2D eigenvalue weighted by Crippen LogP contribution is 2.23. The highest BCUT2D eigenvalue weighted by atomic mass is 32.2. The maximum atomic E-state index is 12.4. The van der Waals surface area contributed by atoms with Gasteiger partial charge >= 0.3 is 0 Å². The van der Waals surface area contributed by atoms with E-state index in [1.165, 1.54) is 16.4 Å². The highest BCUT2D eigenvalue weighted by molar-refractivity contribution is 7.89. The molecule has 0 aromatic heterocycles. The second-order valence-electron chi connectivity index (χ2n) is 4.50. The number of hydrogen-bond acceptors (Lipinski definition) is 4. The quantitative estimate of drug-likeness (QED) is 0.847.